The van der Waals surface area contributed by atoms with Crippen LogP contribution in [0.5, 0.6) is 0 Å². The van der Waals surface area contributed by atoms with Gasteiger partial charge in [0.1, 0.15) is 0 Å². The number of hydrogen-bond donors (Lipinski definition) is 2. The van der Waals surface area contributed by atoms with Crippen LogP contribution in [-0.4, -0.2) is 20.5 Å². The second kappa shape index (κ2) is 8.01. The molecular weight excluding hydrogens is 362 g/mol. The van der Waals surface area contributed by atoms with Crippen molar-refractivity contribution in [1.29, 1.82) is 0 Å². The van der Waals surface area contributed by atoms with E-state index in [1.807, 2.05) is 19.1 Å². The molecule has 2 N–H and O–H groups in total. The predicted octanol–water partition coefficient (Wildman–Crippen LogP) is 3.13. The molecule has 7 heteroatoms. The topological polar surface area (TPSA) is 87.6 Å². The highest BCUT2D eigenvalue weighted by atomic mass is 32.2. The van der Waals surface area contributed by atoms with Crippen LogP contribution in [0.1, 0.15) is 17.5 Å². The molecule has 0 aromatic heterocycles. The minimum Gasteiger partial charge on any atom is -0.279 e. The Labute approximate surface area is 158 Å². The maximum absolute atomic E-state index is 12.6. The van der Waals surface area contributed by atoms with Gasteiger partial charge in [-0.15, -0.1) is 0 Å². The molecule has 0 heterocycles. The summed E-state index contributed by atoms with van der Waals surface area (Å²) in [7, 11) is -3.72. The van der Waals surface area contributed by atoms with E-state index in [1.54, 1.807) is 54.6 Å². The monoisotopic (exact) mass is 381 g/mol. The molecular formula is C20H19N3O3S. The van der Waals surface area contributed by atoms with Gasteiger partial charge in [0.25, 0.3) is 15.9 Å². The Bertz CT molecular complexity index is 1040. The molecule has 1 aliphatic carbocycles. The van der Waals surface area contributed by atoms with Gasteiger partial charge in [-0.1, -0.05) is 54.1 Å². The van der Waals surface area contributed by atoms with E-state index in [2.05, 4.69) is 15.2 Å². The second-order valence-electron chi connectivity index (χ2n) is 6.03. The normalized spacial score (nSPS) is 13.6. The van der Waals surface area contributed by atoms with Crippen molar-refractivity contribution in [3.63, 3.8) is 0 Å². The second-order valence-corrected chi connectivity index (χ2v) is 7.71. The summed E-state index contributed by atoms with van der Waals surface area (Å²) in [5.74, 6) is -0.283. The molecule has 0 aliphatic heterocycles. The van der Waals surface area contributed by atoms with Gasteiger partial charge in [0.2, 0.25) is 0 Å². The Morgan fingerprint density at radius 3 is 2.56 bits per heavy atom. The molecule has 2 aromatic carbocycles. The van der Waals surface area contributed by atoms with Crippen molar-refractivity contribution in [3.8, 4) is 0 Å². The van der Waals surface area contributed by atoms with E-state index in [4.69, 9.17) is 0 Å². The third kappa shape index (κ3) is 4.71. The number of nitrogens with zero attached hydrogens (tertiary/aromatic N) is 1. The van der Waals surface area contributed by atoms with Crippen LogP contribution in [0.4, 0.5) is 5.69 Å². The molecule has 2 aromatic rings. The first-order chi connectivity index (χ1) is 13.0. The summed E-state index contributed by atoms with van der Waals surface area (Å²) < 4.78 is 27.7. The largest absolute Gasteiger partial charge is 0.279 e. The van der Waals surface area contributed by atoms with Crippen molar-refractivity contribution in [1.82, 2.24) is 5.43 Å². The first kappa shape index (κ1) is 18.6. The van der Waals surface area contributed by atoms with Crippen LogP contribution >= 0.6 is 0 Å². The number of aryl methyl sites for hydroxylation is 1. The van der Waals surface area contributed by atoms with Crippen LogP contribution in [0.15, 0.2) is 82.3 Å². The lowest BCUT2D eigenvalue weighted by Crippen LogP contribution is -2.19. The van der Waals surface area contributed by atoms with E-state index in [9.17, 15) is 13.2 Å². The van der Waals surface area contributed by atoms with Crippen LogP contribution in [0.25, 0.3) is 0 Å². The number of nitrogens with one attached hydrogen (secondary N) is 2. The Hall–Kier alpha value is -3.19. The lowest BCUT2D eigenvalue weighted by atomic mass is 10.2. The van der Waals surface area contributed by atoms with Crippen molar-refractivity contribution < 1.29 is 13.2 Å². The average molecular weight is 381 g/mol. The van der Waals surface area contributed by atoms with Gasteiger partial charge in [-0.2, -0.15) is 5.10 Å². The molecule has 0 saturated carbocycles. The van der Waals surface area contributed by atoms with Crippen molar-refractivity contribution >= 4 is 27.8 Å². The maximum atomic E-state index is 12.6. The summed E-state index contributed by atoms with van der Waals surface area (Å²) in [6, 6.07) is 13.4. The summed E-state index contributed by atoms with van der Waals surface area (Å²) >= 11 is 0. The summed E-state index contributed by atoms with van der Waals surface area (Å²) in [5, 5.41) is 3.93. The predicted molar refractivity (Wildman–Crippen MR) is 106 cm³/mol. The number of para-hydroxylation sites is 1. The van der Waals surface area contributed by atoms with Gasteiger partial charge in [0, 0.05) is 11.1 Å². The molecule has 3 rings (SSSR count). The molecule has 0 radical (unpaired) electrons. The minimum absolute atomic E-state index is 0.175. The Morgan fingerprint density at radius 1 is 1.11 bits per heavy atom. The van der Waals surface area contributed by atoms with Crippen molar-refractivity contribution in [2.75, 3.05) is 4.72 Å². The molecule has 0 unspecified atom stereocenters. The number of hydrogen-bond acceptors (Lipinski definition) is 4. The molecule has 0 fully saturated rings. The van der Waals surface area contributed by atoms with Crippen molar-refractivity contribution in [2.24, 2.45) is 5.10 Å². The zero-order chi connectivity index (χ0) is 19.3. The van der Waals surface area contributed by atoms with Gasteiger partial charge in [-0.25, -0.2) is 13.8 Å². The van der Waals surface area contributed by atoms with E-state index in [0.29, 0.717) is 23.2 Å². The number of carbonyl (C=O) groups excluding carboxylic acids is 1. The summed E-state index contributed by atoms with van der Waals surface area (Å²) in [6.07, 6.45) is 7.41. The van der Waals surface area contributed by atoms with Crippen LogP contribution in [0.3, 0.4) is 0 Å². The van der Waals surface area contributed by atoms with E-state index in [1.165, 1.54) is 6.21 Å². The Morgan fingerprint density at radius 2 is 1.85 bits per heavy atom. The van der Waals surface area contributed by atoms with Gasteiger partial charge in [-0.05, 0) is 31.5 Å². The van der Waals surface area contributed by atoms with Gasteiger partial charge in [-0.3, -0.25) is 9.52 Å². The van der Waals surface area contributed by atoms with Gasteiger partial charge in [0.15, 0.2) is 0 Å². The Kier molecular flexibility index (Phi) is 5.52. The summed E-state index contributed by atoms with van der Waals surface area (Å²) in [5.41, 5.74) is 4.96. The van der Waals surface area contributed by atoms with Crippen LogP contribution < -0.4 is 10.1 Å². The van der Waals surface area contributed by atoms with E-state index in [0.717, 1.165) is 5.56 Å². The molecule has 0 saturated heterocycles. The number of hydrazone groups is 1. The average Bonchev–Trinajstić information content (AvgIpc) is 3.18. The fourth-order valence-corrected chi connectivity index (χ4v) is 3.56. The number of benzene rings is 2. The zero-order valence-corrected chi connectivity index (χ0v) is 15.5. The molecule has 6 nitrogen and oxygen atoms in total. The highest BCUT2D eigenvalue weighted by Gasteiger charge is 2.15. The van der Waals surface area contributed by atoms with Crippen molar-refractivity contribution in [2.45, 2.75) is 18.2 Å². The maximum Gasteiger partial charge on any atom is 0.267 e. The molecule has 138 valence electrons. The summed E-state index contributed by atoms with van der Waals surface area (Å²) in [4.78, 5) is 12.1. The van der Waals surface area contributed by atoms with E-state index < -0.39 is 10.0 Å². The molecule has 27 heavy (non-hydrogen) atoms. The van der Waals surface area contributed by atoms with Crippen molar-refractivity contribution in [3.05, 3.63) is 83.5 Å². The molecule has 1 amide bonds. The quantitative estimate of drug-likeness (QED) is 0.595. The van der Waals surface area contributed by atoms with Gasteiger partial charge < -0.3 is 0 Å². The minimum atomic E-state index is -3.72. The first-order valence-electron chi connectivity index (χ1n) is 8.33. The molecule has 0 bridgehead atoms. The third-order valence-electron chi connectivity index (χ3n) is 3.97. The fraction of sp³-hybridized carbons (Fsp3) is 0.100. The Balaban J connectivity index is 1.74. The van der Waals surface area contributed by atoms with Crippen LogP contribution in [0, 0.1) is 6.92 Å². The van der Waals surface area contributed by atoms with E-state index >= 15 is 0 Å². The van der Waals surface area contributed by atoms with E-state index in [-0.39, 0.29) is 10.8 Å². The number of rotatable bonds is 6. The lowest BCUT2D eigenvalue weighted by molar-refractivity contribution is -0.117. The lowest BCUT2D eigenvalue weighted by Gasteiger charge is -2.10. The third-order valence-corrected chi connectivity index (χ3v) is 5.35. The molecule has 0 atom stereocenters. The highest BCUT2D eigenvalue weighted by molar-refractivity contribution is 7.92. The molecule has 0 spiro atoms. The number of sulfonamides is 1. The number of carbonyl (C=O) groups is 1. The molecule has 1 aliphatic rings. The first-order valence-corrected chi connectivity index (χ1v) is 9.82. The van der Waals surface area contributed by atoms with Gasteiger partial charge >= 0.3 is 0 Å². The number of anilines is 1. The number of allylic oxidation sites excluding steroid dienone is 3. The standard InChI is InChI=1S/C20H19N3O3S/c1-15-10-12-18(13-11-15)27(25,26)23-19-9-5-4-8-17(19)14-21-22-20(24)16-6-2-3-7-16/h2-6,8-14,23H,7H2,1H3,(H,22,24). The fourth-order valence-electron chi connectivity index (χ4n) is 2.47. The smallest absolute Gasteiger partial charge is 0.267 e. The van der Waals surface area contributed by atoms with Gasteiger partial charge in [0.05, 0.1) is 16.8 Å². The van der Waals surface area contributed by atoms with Crippen LogP contribution in [0.2, 0.25) is 0 Å². The number of amides is 1. The highest BCUT2D eigenvalue weighted by Crippen LogP contribution is 2.19. The SMILES string of the molecule is Cc1ccc(S(=O)(=O)Nc2ccccc2C=NNC(=O)C2=CC=CC2)cc1. The van der Waals surface area contributed by atoms with Crippen LogP contribution in [-0.2, 0) is 14.8 Å². The summed E-state index contributed by atoms with van der Waals surface area (Å²) in [6.45, 7) is 1.89. The zero-order valence-electron chi connectivity index (χ0n) is 14.7.